The second-order valence-corrected chi connectivity index (χ2v) is 7.09. The maximum atomic E-state index is 11.8. The number of benzene rings is 1. The minimum atomic E-state index is -0.239. The van der Waals surface area contributed by atoms with Crippen LogP contribution in [0, 0.1) is 0 Å². The fourth-order valence-electron chi connectivity index (χ4n) is 1.63. The Morgan fingerprint density at radius 1 is 1.43 bits per heavy atom. The van der Waals surface area contributed by atoms with Crippen molar-refractivity contribution in [1.29, 1.82) is 0 Å². The van der Waals surface area contributed by atoms with Gasteiger partial charge in [0, 0.05) is 12.2 Å². The smallest absolute Gasteiger partial charge is 0.233 e. The van der Waals surface area contributed by atoms with Gasteiger partial charge in [0.2, 0.25) is 11.0 Å². The van der Waals surface area contributed by atoms with E-state index in [1.807, 2.05) is 31.2 Å². The third-order valence-corrected chi connectivity index (χ3v) is 4.84. The van der Waals surface area contributed by atoms with Gasteiger partial charge in [-0.1, -0.05) is 29.2 Å². The van der Waals surface area contributed by atoms with Crippen molar-refractivity contribution in [3.63, 3.8) is 0 Å². The van der Waals surface area contributed by atoms with Crippen molar-refractivity contribution in [2.75, 3.05) is 19.0 Å². The molecule has 2 N–H and O–H groups in total. The van der Waals surface area contributed by atoms with E-state index in [0.717, 1.165) is 15.8 Å². The number of amides is 1. The van der Waals surface area contributed by atoms with Gasteiger partial charge < -0.3 is 15.4 Å². The SMILES string of the molecule is C=CCNC(=O)[C@H](C)Sc1nnc(Nc2ccc(OC)cc2)s1. The summed E-state index contributed by atoms with van der Waals surface area (Å²) >= 11 is 2.78. The molecule has 0 bridgehead atoms. The van der Waals surface area contributed by atoms with E-state index in [2.05, 4.69) is 27.4 Å². The van der Waals surface area contributed by atoms with Crippen LogP contribution in [0.1, 0.15) is 6.92 Å². The molecule has 2 aromatic rings. The van der Waals surface area contributed by atoms with E-state index in [4.69, 9.17) is 4.74 Å². The lowest BCUT2D eigenvalue weighted by Crippen LogP contribution is -2.30. The summed E-state index contributed by atoms with van der Waals surface area (Å²) in [5.74, 6) is 0.748. The molecule has 0 radical (unpaired) electrons. The molecule has 0 aliphatic rings. The molecule has 1 atom stereocenters. The second kappa shape index (κ2) is 8.54. The van der Waals surface area contributed by atoms with Gasteiger partial charge in [-0.25, -0.2) is 0 Å². The largest absolute Gasteiger partial charge is 0.497 e. The first kappa shape index (κ1) is 17.3. The predicted octanol–water partition coefficient (Wildman–Crippen LogP) is 3.07. The quantitative estimate of drug-likeness (QED) is 0.563. The van der Waals surface area contributed by atoms with Gasteiger partial charge in [-0.15, -0.1) is 16.8 Å². The van der Waals surface area contributed by atoms with E-state index in [1.165, 1.54) is 23.1 Å². The van der Waals surface area contributed by atoms with Crippen molar-refractivity contribution >= 4 is 39.8 Å². The maximum Gasteiger partial charge on any atom is 0.233 e. The molecule has 1 aromatic heterocycles. The van der Waals surface area contributed by atoms with Gasteiger partial charge in [0.05, 0.1) is 12.4 Å². The van der Waals surface area contributed by atoms with E-state index in [1.54, 1.807) is 13.2 Å². The fourth-order valence-corrected chi connectivity index (χ4v) is 3.57. The van der Waals surface area contributed by atoms with Crippen LogP contribution in [0.4, 0.5) is 10.8 Å². The molecule has 122 valence electrons. The van der Waals surface area contributed by atoms with Crippen molar-refractivity contribution in [1.82, 2.24) is 15.5 Å². The zero-order chi connectivity index (χ0) is 16.7. The van der Waals surface area contributed by atoms with E-state index in [9.17, 15) is 4.79 Å². The summed E-state index contributed by atoms with van der Waals surface area (Å²) in [5.41, 5.74) is 0.898. The average Bonchev–Trinajstić information content (AvgIpc) is 3.00. The Balaban J connectivity index is 1.91. The molecule has 1 aromatic carbocycles. The predicted molar refractivity (Wildman–Crippen MR) is 94.7 cm³/mol. The van der Waals surface area contributed by atoms with Gasteiger partial charge in [0.1, 0.15) is 5.75 Å². The van der Waals surface area contributed by atoms with Crippen LogP contribution in [0.3, 0.4) is 0 Å². The van der Waals surface area contributed by atoms with Crippen LogP contribution in [-0.4, -0.2) is 35.0 Å². The van der Waals surface area contributed by atoms with Gasteiger partial charge in [-0.2, -0.15) is 0 Å². The van der Waals surface area contributed by atoms with Crippen LogP contribution in [0.15, 0.2) is 41.3 Å². The zero-order valence-electron chi connectivity index (χ0n) is 12.9. The highest BCUT2D eigenvalue weighted by Gasteiger charge is 2.16. The first-order valence-electron chi connectivity index (χ1n) is 6.92. The number of nitrogens with zero attached hydrogens (tertiary/aromatic N) is 2. The number of thioether (sulfide) groups is 1. The van der Waals surface area contributed by atoms with E-state index < -0.39 is 0 Å². The molecule has 0 unspecified atom stereocenters. The summed E-state index contributed by atoms with van der Waals surface area (Å²) in [6, 6.07) is 7.53. The molecule has 6 nitrogen and oxygen atoms in total. The highest BCUT2D eigenvalue weighted by molar-refractivity contribution is 8.02. The molecule has 0 aliphatic carbocycles. The van der Waals surface area contributed by atoms with Gasteiger partial charge in [-0.3, -0.25) is 4.79 Å². The fraction of sp³-hybridized carbons (Fsp3) is 0.267. The number of nitrogens with one attached hydrogen (secondary N) is 2. The number of anilines is 2. The molecular formula is C15H18N4O2S2. The number of ether oxygens (including phenoxy) is 1. The highest BCUT2D eigenvalue weighted by Crippen LogP contribution is 2.30. The summed E-state index contributed by atoms with van der Waals surface area (Å²) in [5, 5.41) is 14.6. The Morgan fingerprint density at radius 3 is 2.83 bits per heavy atom. The molecule has 23 heavy (non-hydrogen) atoms. The third kappa shape index (κ3) is 5.26. The van der Waals surface area contributed by atoms with Crippen LogP contribution >= 0.6 is 23.1 Å². The van der Waals surface area contributed by atoms with Crippen LogP contribution in [-0.2, 0) is 4.79 Å². The van der Waals surface area contributed by atoms with Gasteiger partial charge >= 0.3 is 0 Å². The topological polar surface area (TPSA) is 76.1 Å². The number of methoxy groups -OCH3 is 1. The molecule has 1 heterocycles. The lowest BCUT2D eigenvalue weighted by atomic mass is 10.3. The van der Waals surface area contributed by atoms with E-state index >= 15 is 0 Å². The third-order valence-electron chi connectivity index (χ3n) is 2.82. The molecular weight excluding hydrogens is 332 g/mol. The van der Waals surface area contributed by atoms with Crippen molar-refractivity contribution in [3.8, 4) is 5.75 Å². The number of carbonyl (C=O) groups is 1. The van der Waals surface area contributed by atoms with Crippen molar-refractivity contribution in [2.45, 2.75) is 16.5 Å². The Kier molecular flexibility index (Phi) is 6.42. The van der Waals surface area contributed by atoms with Crippen LogP contribution in [0.5, 0.6) is 5.75 Å². The molecule has 0 saturated heterocycles. The van der Waals surface area contributed by atoms with Crippen molar-refractivity contribution < 1.29 is 9.53 Å². The monoisotopic (exact) mass is 350 g/mol. The Bertz CT molecular complexity index is 658. The lowest BCUT2D eigenvalue weighted by Gasteiger charge is -2.08. The molecule has 0 fully saturated rings. The molecule has 8 heteroatoms. The average molecular weight is 350 g/mol. The molecule has 2 rings (SSSR count). The van der Waals surface area contributed by atoms with Crippen LogP contribution in [0.2, 0.25) is 0 Å². The normalized spacial score (nSPS) is 11.6. The number of hydrogen-bond donors (Lipinski definition) is 2. The zero-order valence-corrected chi connectivity index (χ0v) is 14.5. The minimum Gasteiger partial charge on any atom is -0.497 e. The maximum absolute atomic E-state index is 11.8. The van der Waals surface area contributed by atoms with Crippen molar-refractivity contribution in [2.24, 2.45) is 0 Å². The van der Waals surface area contributed by atoms with Crippen LogP contribution < -0.4 is 15.4 Å². The van der Waals surface area contributed by atoms with Gasteiger partial charge in [-0.05, 0) is 31.2 Å². The van der Waals surface area contributed by atoms with E-state index in [0.29, 0.717) is 11.7 Å². The molecule has 0 saturated carbocycles. The summed E-state index contributed by atoms with van der Waals surface area (Å²) in [7, 11) is 1.63. The lowest BCUT2D eigenvalue weighted by molar-refractivity contribution is -0.120. The second-order valence-electron chi connectivity index (χ2n) is 4.52. The first-order chi connectivity index (χ1) is 11.1. The molecule has 0 aliphatic heterocycles. The number of carbonyl (C=O) groups excluding carboxylic acids is 1. The van der Waals surface area contributed by atoms with Crippen molar-refractivity contribution in [3.05, 3.63) is 36.9 Å². The minimum absolute atomic E-state index is 0.0465. The van der Waals surface area contributed by atoms with Crippen LogP contribution in [0.25, 0.3) is 0 Å². The Labute approximate surface area is 143 Å². The number of rotatable bonds is 8. The standard InChI is InChI=1S/C15H18N4O2S2/c1-4-9-16-13(20)10(2)22-15-19-18-14(23-15)17-11-5-7-12(21-3)8-6-11/h4-8,10H,1,9H2,2-3H3,(H,16,20)(H,17,18)/t10-/m0/s1. The number of hydrogen-bond acceptors (Lipinski definition) is 7. The molecule has 1 amide bonds. The van der Waals surface area contributed by atoms with E-state index in [-0.39, 0.29) is 11.2 Å². The number of aromatic nitrogens is 2. The Morgan fingerprint density at radius 2 is 2.17 bits per heavy atom. The first-order valence-corrected chi connectivity index (χ1v) is 8.62. The summed E-state index contributed by atoms with van der Waals surface area (Å²) in [6.07, 6.45) is 1.65. The highest BCUT2D eigenvalue weighted by atomic mass is 32.2. The van der Waals surface area contributed by atoms with Gasteiger partial charge in [0.15, 0.2) is 4.34 Å². The summed E-state index contributed by atoms with van der Waals surface area (Å²) in [4.78, 5) is 11.8. The molecule has 0 spiro atoms. The Hall–Kier alpha value is -2.06. The summed E-state index contributed by atoms with van der Waals surface area (Å²) < 4.78 is 5.86. The summed E-state index contributed by atoms with van der Waals surface area (Å²) in [6.45, 7) is 5.87. The van der Waals surface area contributed by atoms with Gasteiger partial charge in [0.25, 0.3) is 0 Å².